The molecule has 0 atom stereocenters. The van der Waals surface area contributed by atoms with E-state index in [0.29, 0.717) is 27.9 Å². The molecule has 0 spiro atoms. The summed E-state index contributed by atoms with van der Waals surface area (Å²) in [7, 11) is 2.10. The van der Waals surface area contributed by atoms with Crippen LogP contribution in [0.1, 0.15) is 5.56 Å². The zero-order chi connectivity index (χ0) is 26.4. The average Bonchev–Trinajstić information content (AvgIpc) is 2.87. The largest absolute Gasteiger partial charge is 0.489 e. The first-order chi connectivity index (χ1) is 17.8. The lowest BCUT2D eigenvalue weighted by Crippen LogP contribution is -2.45. The third-order valence-electron chi connectivity index (χ3n) is 5.93. The van der Waals surface area contributed by atoms with Crippen molar-refractivity contribution >= 4 is 46.7 Å². The Hall–Kier alpha value is -3.18. The van der Waals surface area contributed by atoms with Crippen LogP contribution in [0.4, 0.5) is 26.6 Å². The van der Waals surface area contributed by atoms with Crippen LogP contribution >= 0.6 is 23.2 Å². The number of anilines is 3. The first-order valence-corrected chi connectivity index (χ1v) is 12.4. The number of ether oxygens (including phenoxy) is 1. The number of halogens is 3. The molecule has 1 amide bonds. The lowest BCUT2D eigenvalue weighted by atomic mass is 10.2. The second kappa shape index (κ2) is 12.4. The Balaban J connectivity index is 1.39. The summed E-state index contributed by atoms with van der Waals surface area (Å²) in [5.41, 5.74) is 0.913. The normalized spacial score (nSPS) is 14.4. The maximum atomic E-state index is 14.7. The minimum absolute atomic E-state index is 0.0695. The van der Waals surface area contributed by atoms with Crippen molar-refractivity contribution in [1.82, 2.24) is 19.8 Å². The van der Waals surface area contributed by atoms with E-state index in [1.54, 1.807) is 24.3 Å². The maximum Gasteiger partial charge on any atom is 0.413 e. The fourth-order valence-electron chi connectivity index (χ4n) is 3.82. The van der Waals surface area contributed by atoms with Crippen LogP contribution < -0.4 is 15.0 Å². The van der Waals surface area contributed by atoms with Gasteiger partial charge in [-0.3, -0.25) is 9.80 Å². The van der Waals surface area contributed by atoms with Gasteiger partial charge in [0.15, 0.2) is 11.6 Å². The molecule has 2 N–H and O–H groups in total. The second-order valence-electron chi connectivity index (χ2n) is 8.61. The van der Waals surface area contributed by atoms with Crippen LogP contribution in [0.3, 0.4) is 0 Å². The molecule has 196 valence electrons. The standard InChI is InChI=1S/C25H27Cl2FN6O3/c1-32-8-10-33(11-9-32)12-13-37-22-5-3-19(15-21(22)28)30-24-29-7-6-23(31-24)34(25(35)36)16-17-14-18(26)2-4-20(17)27/h2-7,14-15H,8-13,16H2,1H3,(H,35,36)(H,29,30,31). The Bertz CT molecular complexity index is 1240. The van der Waals surface area contributed by atoms with E-state index in [-0.39, 0.29) is 24.1 Å². The molecule has 1 aliphatic heterocycles. The van der Waals surface area contributed by atoms with Crippen molar-refractivity contribution in [3.63, 3.8) is 0 Å². The molecular formula is C25H27Cl2FN6O3. The summed E-state index contributed by atoms with van der Waals surface area (Å²) < 4.78 is 20.3. The fourth-order valence-corrected chi connectivity index (χ4v) is 4.19. The summed E-state index contributed by atoms with van der Waals surface area (Å²) in [4.78, 5) is 25.9. The van der Waals surface area contributed by atoms with Gasteiger partial charge >= 0.3 is 6.09 Å². The molecule has 4 rings (SSSR count). The predicted molar refractivity (Wildman–Crippen MR) is 142 cm³/mol. The molecule has 1 fully saturated rings. The van der Waals surface area contributed by atoms with Gasteiger partial charge in [-0.05, 0) is 49.0 Å². The SMILES string of the molecule is CN1CCN(CCOc2ccc(Nc3nccc(N(Cc4cc(Cl)ccc4Cl)C(=O)O)n3)cc2F)CC1. The predicted octanol–water partition coefficient (Wildman–Crippen LogP) is 4.98. The first-order valence-electron chi connectivity index (χ1n) is 11.7. The smallest absolute Gasteiger partial charge is 0.413 e. The van der Waals surface area contributed by atoms with Crippen LogP contribution in [-0.4, -0.2) is 77.3 Å². The number of rotatable bonds is 9. The Kier molecular flexibility index (Phi) is 8.99. The number of nitrogens with zero attached hydrogens (tertiary/aromatic N) is 5. The number of nitrogens with one attached hydrogen (secondary N) is 1. The molecule has 0 aliphatic carbocycles. The van der Waals surface area contributed by atoms with Crippen LogP contribution in [0, 0.1) is 5.82 Å². The molecule has 3 aromatic rings. The highest BCUT2D eigenvalue weighted by atomic mass is 35.5. The highest BCUT2D eigenvalue weighted by Gasteiger charge is 2.19. The zero-order valence-corrected chi connectivity index (χ0v) is 21.7. The van der Waals surface area contributed by atoms with E-state index in [0.717, 1.165) is 37.6 Å². The van der Waals surface area contributed by atoms with Gasteiger partial charge in [0.2, 0.25) is 5.95 Å². The van der Waals surface area contributed by atoms with Gasteiger partial charge in [-0.15, -0.1) is 0 Å². The molecule has 2 aromatic carbocycles. The van der Waals surface area contributed by atoms with Gasteiger partial charge in [0.25, 0.3) is 0 Å². The summed E-state index contributed by atoms with van der Waals surface area (Å²) >= 11 is 12.2. The van der Waals surface area contributed by atoms with Crippen LogP contribution in [0.15, 0.2) is 48.7 Å². The van der Waals surface area contributed by atoms with Crippen molar-refractivity contribution in [2.24, 2.45) is 0 Å². The third kappa shape index (κ3) is 7.42. The molecule has 9 nitrogen and oxygen atoms in total. The summed E-state index contributed by atoms with van der Waals surface area (Å²) in [5, 5.41) is 13.5. The van der Waals surface area contributed by atoms with E-state index in [1.165, 1.54) is 24.4 Å². The van der Waals surface area contributed by atoms with Crippen LogP contribution in [-0.2, 0) is 6.54 Å². The average molecular weight is 549 g/mol. The molecule has 1 aromatic heterocycles. The number of amides is 1. The fraction of sp³-hybridized carbons (Fsp3) is 0.320. The van der Waals surface area contributed by atoms with E-state index < -0.39 is 11.9 Å². The van der Waals surface area contributed by atoms with E-state index in [1.807, 2.05) is 0 Å². The topological polar surface area (TPSA) is 94.1 Å². The van der Waals surface area contributed by atoms with Crippen LogP contribution in [0.2, 0.25) is 10.0 Å². The molecule has 0 unspecified atom stereocenters. The third-order valence-corrected chi connectivity index (χ3v) is 6.54. The molecule has 0 radical (unpaired) electrons. The lowest BCUT2D eigenvalue weighted by molar-refractivity contribution is 0.132. The van der Waals surface area contributed by atoms with E-state index >= 15 is 0 Å². The number of piperazine rings is 1. The number of hydrogen-bond acceptors (Lipinski definition) is 7. The van der Waals surface area contributed by atoms with Gasteiger partial charge in [-0.2, -0.15) is 4.98 Å². The number of carboxylic acid groups (broad SMARTS) is 1. The van der Waals surface area contributed by atoms with Gasteiger partial charge in [-0.25, -0.2) is 14.2 Å². The quantitative estimate of drug-likeness (QED) is 0.386. The van der Waals surface area contributed by atoms with Gasteiger partial charge < -0.3 is 20.1 Å². The van der Waals surface area contributed by atoms with Crippen molar-refractivity contribution in [2.45, 2.75) is 6.54 Å². The van der Waals surface area contributed by atoms with Crippen molar-refractivity contribution in [2.75, 3.05) is 56.6 Å². The Labute approximate surface area is 224 Å². The lowest BCUT2D eigenvalue weighted by Gasteiger charge is -2.32. The minimum Gasteiger partial charge on any atom is -0.489 e. The van der Waals surface area contributed by atoms with Crippen molar-refractivity contribution in [1.29, 1.82) is 0 Å². The van der Waals surface area contributed by atoms with Crippen LogP contribution in [0.5, 0.6) is 5.75 Å². The molecule has 0 bridgehead atoms. The van der Waals surface area contributed by atoms with Gasteiger partial charge in [-0.1, -0.05) is 23.2 Å². The van der Waals surface area contributed by atoms with Crippen molar-refractivity contribution in [3.8, 4) is 5.75 Å². The Morgan fingerprint density at radius 3 is 2.68 bits per heavy atom. The zero-order valence-electron chi connectivity index (χ0n) is 20.2. The first kappa shape index (κ1) is 26.9. The summed E-state index contributed by atoms with van der Waals surface area (Å²) in [6.07, 6.45) is 0.177. The van der Waals surface area contributed by atoms with Crippen molar-refractivity contribution < 1.29 is 19.0 Å². The number of hydrogen-bond donors (Lipinski definition) is 2. The number of carbonyl (C=O) groups is 1. The summed E-state index contributed by atoms with van der Waals surface area (Å²) in [6, 6.07) is 10.7. The van der Waals surface area contributed by atoms with Crippen LogP contribution in [0.25, 0.3) is 0 Å². The molecule has 1 saturated heterocycles. The monoisotopic (exact) mass is 548 g/mol. The highest BCUT2D eigenvalue weighted by molar-refractivity contribution is 6.33. The Morgan fingerprint density at radius 1 is 1.16 bits per heavy atom. The molecule has 0 saturated carbocycles. The number of benzene rings is 2. The minimum atomic E-state index is -1.23. The van der Waals surface area contributed by atoms with E-state index in [4.69, 9.17) is 27.9 Å². The summed E-state index contributed by atoms with van der Waals surface area (Å²) in [5.74, 6) is -0.151. The maximum absolute atomic E-state index is 14.7. The Morgan fingerprint density at radius 2 is 1.95 bits per heavy atom. The molecule has 2 heterocycles. The number of aromatic nitrogens is 2. The van der Waals surface area contributed by atoms with E-state index in [9.17, 15) is 14.3 Å². The van der Waals surface area contributed by atoms with Crippen molar-refractivity contribution in [3.05, 3.63) is 70.1 Å². The molecule has 37 heavy (non-hydrogen) atoms. The summed E-state index contributed by atoms with van der Waals surface area (Å²) in [6.45, 7) is 5.01. The second-order valence-corrected chi connectivity index (χ2v) is 9.45. The van der Waals surface area contributed by atoms with Gasteiger partial charge in [0.1, 0.15) is 12.4 Å². The van der Waals surface area contributed by atoms with Gasteiger partial charge in [0, 0.05) is 60.7 Å². The molecule has 12 heteroatoms. The van der Waals surface area contributed by atoms with Gasteiger partial charge in [0.05, 0.1) is 6.54 Å². The highest BCUT2D eigenvalue weighted by Crippen LogP contribution is 2.26. The molecular weight excluding hydrogens is 522 g/mol. The number of likely N-dealkylation sites (N-methyl/N-ethyl adjacent to an activating group) is 1. The molecule has 1 aliphatic rings. The van der Waals surface area contributed by atoms with E-state index in [2.05, 4.69) is 32.1 Å².